The lowest BCUT2D eigenvalue weighted by Crippen LogP contribution is -2.38. The number of benzene rings is 1. The van der Waals surface area contributed by atoms with E-state index in [1.54, 1.807) is 0 Å². The van der Waals surface area contributed by atoms with Crippen LogP contribution in [-0.4, -0.2) is 12.2 Å². The van der Waals surface area contributed by atoms with Gasteiger partial charge in [-0.1, -0.05) is 25.1 Å². The van der Waals surface area contributed by atoms with Gasteiger partial charge >= 0.3 is 6.18 Å². The maximum Gasteiger partial charge on any atom is 0.408 e. The minimum atomic E-state index is -4.27. The first-order chi connectivity index (χ1) is 9.12. The van der Waals surface area contributed by atoms with E-state index in [1.807, 2.05) is 19.1 Å². The molecule has 1 aliphatic carbocycles. The van der Waals surface area contributed by atoms with Crippen LogP contribution in [0, 0.1) is 6.92 Å². The van der Waals surface area contributed by atoms with E-state index in [1.165, 1.54) is 5.56 Å². The molecule has 1 fully saturated rings. The number of hydrogen-bond acceptors (Lipinski definition) is 1. The van der Waals surface area contributed by atoms with Crippen LogP contribution in [0.2, 0.25) is 0 Å². The highest BCUT2D eigenvalue weighted by Gasteiger charge is 2.39. The Morgan fingerprint density at radius 3 is 2.40 bits per heavy atom. The lowest BCUT2D eigenvalue weighted by atomic mass is 9.93. The van der Waals surface area contributed by atoms with Gasteiger partial charge in [-0.05, 0) is 55.4 Å². The smallest absolute Gasteiger partial charge is 0.374 e. The van der Waals surface area contributed by atoms with Crippen LogP contribution in [-0.2, 0) is 5.41 Å². The van der Waals surface area contributed by atoms with E-state index in [0.717, 1.165) is 30.9 Å². The van der Waals surface area contributed by atoms with Crippen molar-refractivity contribution in [1.82, 2.24) is 5.32 Å². The molecular weight excluding hydrogens is 263 g/mol. The standard InChI is InChI=1S/C16H20F3N/c1-10-7-13(9-14(8-10)15(4)5-6-15)11(2)20-12(3)16(17,18)19/h7-9,12,20H,2,5-6H2,1,3-4H3. The minimum absolute atomic E-state index is 0.191. The van der Waals surface area contributed by atoms with Crippen molar-refractivity contribution in [2.24, 2.45) is 0 Å². The summed E-state index contributed by atoms with van der Waals surface area (Å²) >= 11 is 0. The number of hydrogen-bond donors (Lipinski definition) is 1. The molecule has 0 amide bonds. The second-order valence-corrected chi connectivity index (χ2v) is 6.03. The highest BCUT2D eigenvalue weighted by molar-refractivity contribution is 5.64. The molecule has 0 spiro atoms. The molecule has 20 heavy (non-hydrogen) atoms. The second kappa shape index (κ2) is 4.83. The average molecular weight is 283 g/mol. The molecule has 0 bridgehead atoms. The topological polar surface area (TPSA) is 12.0 Å². The van der Waals surface area contributed by atoms with Gasteiger partial charge < -0.3 is 5.32 Å². The third-order valence-corrected chi connectivity index (χ3v) is 4.00. The van der Waals surface area contributed by atoms with Crippen LogP contribution in [0.5, 0.6) is 0 Å². The highest BCUT2D eigenvalue weighted by Crippen LogP contribution is 2.48. The Morgan fingerprint density at radius 1 is 1.30 bits per heavy atom. The summed E-state index contributed by atoms with van der Waals surface area (Å²) in [6.07, 6.45) is -2.00. The molecular formula is C16H20F3N. The molecule has 0 aliphatic heterocycles. The van der Waals surface area contributed by atoms with Crippen LogP contribution in [0.1, 0.15) is 43.4 Å². The van der Waals surface area contributed by atoms with Crippen molar-refractivity contribution in [3.63, 3.8) is 0 Å². The Kier molecular flexibility index (Phi) is 3.61. The van der Waals surface area contributed by atoms with Gasteiger partial charge in [0.05, 0.1) is 0 Å². The first kappa shape index (κ1) is 14.9. The summed E-state index contributed by atoms with van der Waals surface area (Å²) in [5.74, 6) is 0. The zero-order valence-corrected chi connectivity index (χ0v) is 12.1. The Hall–Kier alpha value is -1.45. The molecule has 1 unspecified atom stereocenters. The van der Waals surface area contributed by atoms with Gasteiger partial charge in [0.15, 0.2) is 0 Å². The van der Waals surface area contributed by atoms with Crippen molar-refractivity contribution in [1.29, 1.82) is 0 Å². The van der Waals surface area contributed by atoms with Gasteiger partial charge in [0.25, 0.3) is 0 Å². The number of nitrogens with one attached hydrogen (secondary N) is 1. The van der Waals surface area contributed by atoms with E-state index < -0.39 is 12.2 Å². The van der Waals surface area contributed by atoms with Crippen molar-refractivity contribution in [2.75, 3.05) is 0 Å². The van der Waals surface area contributed by atoms with Crippen LogP contribution < -0.4 is 5.32 Å². The first-order valence-electron chi connectivity index (χ1n) is 6.76. The molecule has 0 radical (unpaired) electrons. The Balaban J connectivity index is 2.20. The largest absolute Gasteiger partial charge is 0.408 e. The normalized spacial score (nSPS) is 18.5. The van der Waals surface area contributed by atoms with Crippen LogP contribution in [0.4, 0.5) is 13.2 Å². The monoisotopic (exact) mass is 283 g/mol. The molecule has 1 aliphatic rings. The lowest BCUT2D eigenvalue weighted by molar-refractivity contribution is -0.148. The fraction of sp³-hybridized carbons (Fsp3) is 0.500. The second-order valence-electron chi connectivity index (χ2n) is 6.03. The predicted octanol–water partition coefficient (Wildman–Crippen LogP) is 4.56. The van der Waals surface area contributed by atoms with Gasteiger partial charge in [-0.2, -0.15) is 13.2 Å². The fourth-order valence-electron chi connectivity index (χ4n) is 2.21. The van der Waals surface area contributed by atoms with Crippen LogP contribution in [0.3, 0.4) is 0 Å². The lowest BCUT2D eigenvalue weighted by Gasteiger charge is -2.21. The summed E-state index contributed by atoms with van der Waals surface area (Å²) < 4.78 is 37.7. The number of alkyl halides is 3. The summed E-state index contributed by atoms with van der Waals surface area (Å²) in [7, 11) is 0. The molecule has 1 aromatic rings. The molecule has 1 atom stereocenters. The van der Waals surface area contributed by atoms with E-state index >= 15 is 0 Å². The summed E-state index contributed by atoms with van der Waals surface area (Å²) in [5, 5.41) is 2.44. The van der Waals surface area contributed by atoms with E-state index in [-0.39, 0.29) is 5.41 Å². The van der Waals surface area contributed by atoms with Crippen molar-refractivity contribution in [3.05, 3.63) is 41.5 Å². The summed E-state index contributed by atoms with van der Waals surface area (Å²) in [6, 6.07) is 4.33. The maximum absolute atomic E-state index is 12.6. The van der Waals surface area contributed by atoms with E-state index in [4.69, 9.17) is 0 Å². The van der Waals surface area contributed by atoms with Gasteiger partial charge in [0.2, 0.25) is 0 Å². The summed E-state index contributed by atoms with van der Waals surface area (Å²) in [4.78, 5) is 0. The maximum atomic E-state index is 12.6. The van der Waals surface area contributed by atoms with Crippen LogP contribution >= 0.6 is 0 Å². The zero-order chi connectivity index (χ0) is 15.1. The van der Waals surface area contributed by atoms with Crippen LogP contribution in [0.25, 0.3) is 5.70 Å². The number of halogens is 3. The minimum Gasteiger partial charge on any atom is -0.374 e. The molecule has 4 heteroatoms. The van der Waals surface area contributed by atoms with E-state index in [2.05, 4.69) is 24.9 Å². The van der Waals surface area contributed by atoms with Gasteiger partial charge in [0.1, 0.15) is 6.04 Å². The van der Waals surface area contributed by atoms with Crippen molar-refractivity contribution in [3.8, 4) is 0 Å². The molecule has 1 saturated carbocycles. The van der Waals surface area contributed by atoms with Gasteiger partial charge in [-0.25, -0.2) is 0 Å². The average Bonchev–Trinajstić information content (AvgIpc) is 3.06. The first-order valence-corrected chi connectivity index (χ1v) is 6.76. The Bertz CT molecular complexity index is 527. The Labute approximate surface area is 117 Å². The van der Waals surface area contributed by atoms with Crippen LogP contribution in [0.15, 0.2) is 24.8 Å². The van der Waals surface area contributed by atoms with Crippen molar-refractivity contribution >= 4 is 5.70 Å². The van der Waals surface area contributed by atoms with E-state index in [0.29, 0.717) is 5.70 Å². The number of aryl methyl sites for hydroxylation is 1. The zero-order valence-electron chi connectivity index (χ0n) is 12.1. The quantitative estimate of drug-likeness (QED) is 0.854. The molecule has 1 aromatic carbocycles. The third kappa shape index (κ3) is 3.17. The fourth-order valence-corrected chi connectivity index (χ4v) is 2.21. The molecule has 2 rings (SSSR count). The molecule has 1 N–H and O–H groups in total. The van der Waals surface area contributed by atoms with Gasteiger partial charge in [-0.15, -0.1) is 0 Å². The summed E-state index contributed by atoms with van der Waals surface area (Å²) in [6.45, 7) is 8.99. The molecule has 0 saturated heterocycles. The highest BCUT2D eigenvalue weighted by atomic mass is 19.4. The predicted molar refractivity (Wildman–Crippen MR) is 75.5 cm³/mol. The van der Waals surface area contributed by atoms with Crippen molar-refractivity contribution in [2.45, 2.75) is 51.2 Å². The molecule has 110 valence electrons. The summed E-state index contributed by atoms with van der Waals surface area (Å²) in [5.41, 5.74) is 3.49. The van der Waals surface area contributed by atoms with Gasteiger partial charge in [0, 0.05) is 5.70 Å². The molecule has 1 nitrogen and oxygen atoms in total. The Morgan fingerprint density at radius 2 is 1.90 bits per heavy atom. The van der Waals surface area contributed by atoms with Gasteiger partial charge in [-0.3, -0.25) is 0 Å². The molecule has 0 aromatic heterocycles. The van der Waals surface area contributed by atoms with E-state index in [9.17, 15) is 13.2 Å². The van der Waals surface area contributed by atoms with Crippen molar-refractivity contribution < 1.29 is 13.2 Å². The number of rotatable bonds is 4. The SMILES string of the molecule is C=C(NC(C)C(F)(F)F)c1cc(C)cc(C2(C)CC2)c1. The molecule has 0 heterocycles. The third-order valence-electron chi connectivity index (χ3n) is 4.00.